The van der Waals surface area contributed by atoms with Gasteiger partial charge in [0.1, 0.15) is 5.69 Å². The Balaban J connectivity index is 2.23. The third-order valence-corrected chi connectivity index (χ3v) is 2.69. The number of halogens is 3. The number of nitrogens with one attached hydrogen (secondary N) is 1. The van der Waals surface area contributed by atoms with Gasteiger partial charge in [-0.05, 0) is 17.7 Å². The second-order valence-electron chi connectivity index (χ2n) is 4.10. The van der Waals surface area contributed by atoms with E-state index in [9.17, 15) is 23.1 Å². The Hall–Kier alpha value is -2.48. The van der Waals surface area contributed by atoms with Gasteiger partial charge in [0.15, 0.2) is 17.5 Å². The van der Waals surface area contributed by atoms with Gasteiger partial charge in [-0.1, -0.05) is 0 Å². The summed E-state index contributed by atoms with van der Waals surface area (Å²) < 4.78 is 39.2. The molecule has 2 aromatic rings. The van der Waals surface area contributed by atoms with E-state index in [1.165, 1.54) is 18.6 Å². The molecule has 1 aromatic carbocycles. The van der Waals surface area contributed by atoms with E-state index in [1.807, 2.05) is 0 Å². The molecule has 1 amide bonds. The fourth-order valence-electron chi connectivity index (χ4n) is 1.66. The first-order valence-corrected chi connectivity index (χ1v) is 5.85. The summed E-state index contributed by atoms with van der Waals surface area (Å²) in [4.78, 5) is 19.3. The van der Waals surface area contributed by atoms with Gasteiger partial charge in [0, 0.05) is 12.4 Å². The molecule has 1 aromatic heterocycles. The zero-order chi connectivity index (χ0) is 15.4. The van der Waals surface area contributed by atoms with Crippen LogP contribution in [-0.2, 0) is 0 Å². The van der Waals surface area contributed by atoms with Crippen molar-refractivity contribution in [1.29, 1.82) is 0 Å². The van der Waals surface area contributed by atoms with Gasteiger partial charge in [-0.15, -0.1) is 0 Å². The van der Waals surface area contributed by atoms with Crippen LogP contribution in [-0.4, -0.2) is 27.6 Å². The summed E-state index contributed by atoms with van der Waals surface area (Å²) in [7, 11) is 0. The number of hydrogen-bond donors (Lipinski definition) is 2. The smallest absolute Gasteiger partial charge is 0.272 e. The number of hydrogen-bond acceptors (Lipinski definition) is 4. The van der Waals surface area contributed by atoms with Crippen molar-refractivity contribution in [2.24, 2.45) is 0 Å². The highest BCUT2D eigenvalue weighted by Crippen LogP contribution is 2.19. The molecule has 0 spiro atoms. The van der Waals surface area contributed by atoms with E-state index >= 15 is 0 Å². The summed E-state index contributed by atoms with van der Waals surface area (Å²) in [5.74, 6) is -5.11. The number of aliphatic hydroxyl groups excluding tert-OH is 1. The van der Waals surface area contributed by atoms with Gasteiger partial charge in [-0.2, -0.15) is 0 Å². The van der Waals surface area contributed by atoms with Crippen LogP contribution in [0, 0.1) is 17.5 Å². The van der Waals surface area contributed by atoms with Crippen molar-refractivity contribution in [3.63, 3.8) is 0 Å². The third kappa shape index (κ3) is 3.34. The van der Waals surface area contributed by atoms with Crippen LogP contribution in [0.3, 0.4) is 0 Å². The maximum Gasteiger partial charge on any atom is 0.272 e. The van der Waals surface area contributed by atoms with Crippen molar-refractivity contribution in [2.45, 2.75) is 6.04 Å². The SMILES string of the molecule is O=C(NC(CO)c1cc(F)c(F)c(F)c1)c1cnccn1. The van der Waals surface area contributed by atoms with Crippen molar-refractivity contribution >= 4 is 5.91 Å². The zero-order valence-corrected chi connectivity index (χ0v) is 10.6. The molecule has 8 heteroatoms. The number of nitrogens with zero attached hydrogens (tertiary/aromatic N) is 2. The lowest BCUT2D eigenvalue weighted by atomic mass is 10.1. The topological polar surface area (TPSA) is 75.1 Å². The second kappa shape index (κ2) is 6.31. The lowest BCUT2D eigenvalue weighted by Gasteiger charge is -2.16. The predicted octanol–water partition coefficient (Wildman–Crippen LogP) is 1.36. The van der Waals surface area contributed by atoms with Gasteiger partial charge in [0.2, 0.25) is 0 Å². The van der Waals surface area contributed by atoms with Gasteiger partial charge in [0.05, 0.1) is 18.8 Å². The van der Waals surface area contributed by atoms with E-state index in [0.717, 1.165) is 0 Å². The molecule has 2 rings (SSSR count). The van der Waals surface area contributed by atoms with Gasteiger partial charge < -0.3 is 10.4 Å². The Labute approximate surface area is 117 Å². The monoisotopic (exact) mass is 297 g/mol. The number of carbonyl (C=O) groups is 1. The maximum absolute atomic E-state index is 13.2. The van der Waals surface area contributed by atoms with Gasteiger partial charge >= 0.3 is 0 Å². The minimum atomic E-state index is -1.62. The molecule has 0 radical (unpaired) electrons. The Morgan fingerprint density at radius 1 is 1.24 bits per heavy atom. The fraction of sp³-hybridized carbons (Fsp3) is 0.154. The van der Waals surface area contributed by atoms with Crippen molar-refractivity contribution in [1.82, 2.24) is 15.3 Å². The minimum Gasteiger partial charge on any atom is -0.394 e. The van der Waals surface area contributed by atoms with E-state index in [0.29, 0.717) is 12.1 Å². The van der Waals surface area contributed by atoms with Gasteiger partial charge in [-0.3, -0.25) is 9.78 Å². The number of benzene rings is 1. The van der Waals surface area contributed by atoms with Crippen LogP contribution in [0.5, 0.6) is 0 Å². The summed E-state index contributed by atoms with van der Waals surface area (Å²) in [6.45, 7) is -0.628. The molecular weight excluding hydrogens is 287 g/mol. The molecule has 0 aliphatic rings. The van der Waals surface area contributed by atoms with Crippen molar-refractivity contribution in [3.05, 3.63) is 59.4 Å². The highest BCUT2D eigenvalue weighted by atomic mass is 19.2. The molecule has 0 saturated heterocycles. The summed E-state index contributed by atoms with van der Waals surface area (Å²) in [5.41, 5.74) is -0.134. The molecule has 110 valence electrons. The number of amides is 1. The largest absolute Gasteiger partial charge is 0.394 e. The maximum atomic E-state index is 13.2. The number of aliphatic hydroxyl groups is 1. The highest BCUT2D eigenvalue weighted by molar-refractivity contribution is 5.92. The Morgan fingerprint density at radius 2 is 1.90 bits per heavy atom. The fourth-order valence-corrected chi connectivity index (χ4v) is 1.66. The lowest BCUT2D eigenvalue weighted by Crippen LogP contribution is -2.31. The van der Waals surface area contributed by atoms with Gasteiger partial charge in [-0.25, -0.2) is 18.2 Å². The molecule has 0 aliphatic heterocycles. The average Bonchev–Trinajstić information content (AvgIpc) is 2.50. The first kappa shape index (κ1) is 14.9. The second-order valence-corrected chi connectivity index (χ2v) is 4.10. The number of carbonyl (C=O) groups excluding carboxylic acids is 1. The van der Waals surface area contributed by atoms with Crippen LogP contribution in [0.25, 0.3) is 0 Å². The minimum absolute atomic E-state index is 0.0287. The van der Waals surface area contributed by atoms with Crippen LogP contribution in [0.2, 0.25) is 0 Å². The van der Waals surface area contributed by atoms with E-state index < -0.39 is 36.0 Å². The zero-order valence-electron chi connectivity index (χ0n) is 10.6. The molecule has 0 fully saturated rings. The third-order valence-electron chi connectivity index (χ3n) is 2.69. The van der Waals surface area contributed by atoms with E-state index in [-0.39, 0.29) is 11.3 Å². The quantitative estimate of drug-likeness (QED) is 0.836. The summed E-state index contributed by atoms with van der Waals surface area (Å²) in [5, 5.41) is 11.6. The highest BCUT2D eigenvalue weighted by Gasteiger charge is 2.19. The Bertz CT molecular complexity index is 629. The van der Waals surface area contributed by atoms with Gasteiger partial charge in [0.25, 0.3) is 5.91 Å². The van der Waals surface area contributed by atoms with E-state index in [1.54, 1.807) is 0 Å². The summed E-state index contributed by atoms with van der Waals surface area (Å²) >= 11 is 0. The molecular formula is C13H10F3N3O2. The normalized spacial score (nSPS) is 12.0. The van der Waals surface area contributed by atoms with Crippen LogP contribution < -0.4 is 5.32 Å². The number of aromatic nitrogens is 2. The van der Waals surface area contributed by atoms with Crippen LogP contribution >= 0.6 is 0 Å². The molecule has 21 heavy (non-hydrogen) atoms. The molecule has 0 aliphatic carbocycles. The molecule has 1 unspecified atom stereocenters. The average molecular weight is 297 g/mol. The van der Waals surface area contributed by atoms with Crippen molar-refractivity contribution < 1.29 is 23.1 Å². The Morgan fingerprint density at radius 3 is 2.43 bits per heavy atom. The lowest BCUT2D eigenvalue weighted by molar-refractivity contribution is 0.0910. The first-order chi connectivity index (χ1) is 10.0. The molecule has 1 atom stereocenters. The molecule has 0 saturated carbocycles. The number of rotatable bonds is 4. The summed E-state index contributed by atoms with van der Waals surface area (Å²) in [6, 6.07) is 0.302. The van der Waals surface area contributed by atoms with Crippen LogP contribution in [0.4, 0.5) is 13.2 Å². The predicted molar refractivity (Wildman–Crippen MR) is 65.6 cm³/mol. The van der Waals surface area contributed by atoms with E-state index in [2.05, 4.69) is 15.3 Å². The van der Waals surface area contributed by atoms with Crippen LogP contribution in [0.15, 0.2) is 30.7 Å². The van der Waals surface area contributed by atoms with Crippen molar-refractivity contribution in [2.75, 3.05) is 6.61 Å². The molecule has 1 heterocycles. The standard InChI is InChI=1S/C13H10F3N3O2/c14-8-3-7(4-9(15)12(8)16)11(6-20)19-13(21)10-5-17-1-2-18-10/h1-5,11,20H,6H2,(H,19,21). The first-order valence-electron chi connectivity index (χ1n) is 5.85. The van der Waals surface area contributed by atoms with E-state index in [4.69, 9.17) is 0 Å². The summed E-state index contributed by atoms with van der Waals surface area (Å²) in [6.07, 6.45) is 3.85. The van der Waals surface area contributed by atoms with Crippen molar-refractivity contribution in [3.8, 4) is 0 Å². The molecule has 0 bridgehead atoms. The Kier molecular flexibility index (Phi) is 4.49. The molecule has 5 nitrogen and oxygen atoms in total. The van der Waals surface area contributed by atoms with Crippen LogP contribution in [0.1, 0.15) is 22.1 Å². The molecule has 2 N–H and O–H groups in total.